The fraction of sp³-hybridized carbons (Fsp3) is 0.400. The number of alkyl halides is 1. The topological polar surface area (TPSA) is 29.5 Å². The smallest absolute Gasteiger partial charge is 0.123 e. The van der Waals surface area contributed by atoms with E-state index in [1.165, 1.54) is 0 Å². The highest BCUT2D eigenvalue weighted by Gasteiger charge is 2.05. The standard InChI is InChI=1S/C10H12BrClO2/c1-7-2-3-8(12)4-10(7)14-6-9(13)5-11/h2-4,9,13H,5-6H2,1H3. The molecule has 0 radical (unpaired) electrons. The maximum Gasteiger partial charge on any atom is 0.123 e. The molecule has 0 heterocycles. The summed E-state index contributed by atoms with van der Waals surface area (Å²) < 4.78 is 5.41. The molecule has 0 aliphatic carbocycles. The van der Waals surface area contributed by atoms with Gasteiger partial charge in [-0.25, -0.2) is 0 Å². The molecule has 0 amide bonds. The number of hydrogen-bond acceptors (Lipinski definition) is 2. The lowest BCUT2D eigenvalue weighted by atomic mass is 10.2. The summed E-state index contributed by atoms with van der Waals surface area (Å²) in [6, 6.07) is 5.45. The highest BCUT2D eigenvalue weighted by molar-refractivity contribution is 9.09. The molecule has 0 bridgehead atoms. The molecule has 1 rings (SSSR count). The largest absolute Gasteiger partial charge is 0.491 e. The van der Waals surface area contributed by atoms with Gasteiger partial charge in [0.05, 0.1) is 6.10 Å². The van der Waals surface area contributed by atoms with Gasteiger partial charge in [0.1, 0.15) is 12.4 Å². The molecule has 2 nitrogen and oxygen atoms in total. The Morgan fingerprint density at radius 1 is 1.57 bits per heavy atom. The van der Waals surface area contributed by atoms with Crippen molar-refractivity contribution in [3.05, 3.63) is 28.8 Å². The van der Waals surface area contributed by atoms with Crippen LogP contribution in [-0.4, -0.2) is 23.1 Å². The van der Waals surface area contributed by atoms with Gasteiger partial charge >= 0.3 is 0 Å². The second kappa shape index (κ2) is 5.59. The number of aliphatic hydroxyl groups excluding tert-OH is 1. The molecule has 78 valence electrons. The fourth-order valence-electron chi connectivity index (χ4n) is 0.960. The molecule has 0 fully saturated rings. The van der Waals surface area contributed by atoms with Crippen LogP contribution in [0.3, 0.4) is 0 Å². The van der Waals surface area contributed by atoms with E-state index < -0.39 is 6.10 Å². The van der Waals surface area contributed by atoms with Gasteiger partial charge in [-0.1, -0.05) is 33.6 Å². The van der Waals surface area contributed by atoms with E-state index in [1.807, 2.05) is 19.1 Å². The molecule has 0 spiro atoms. The predicted octanol–water partition coefficient (Wildman–Crippen LogP) is 2.78. The van der Waals surface area contributed by atoms with Crippen LogP contribution < -0.4 is 4.74 Å². The van der Waals surface area contributed by atoms with Gasteiger partial charge in [-0.2, -0.15) is 0 Å². The second-order valence-electron chi connectivity index (χ2n) is 3.03. The van der Waals surface area contributed by atoms with Gasteiger partial charge in [-0.15, -0.1) is 0 Å². The summed E-state index contributed by atoms with van der Waals surface area (Å²) in [6.07, 6.45) is -0.492. The van der Waals surface area contributed by atoms with Crippen molar-refractivity contribution in [2.24, 2.45) is 0 Å². The Balaban J connectivity index is 2.62. The first-order valence-corrected chi connectivity index (χ1v) is 5.76. The Morgan fingerprint density at radius 3 is 2.93 bits per heavy atom. The van der Waals surface area contributed by atoms with Gasteiger partial charge in [0, 0.05) is 10.4 Å². The highest BCUT2D eigenvalue weighted by atomic mass is 79.9. The molecular formula is C10H12BrClO2. The average molecular weight is 280 g/mol. The Morgan fingerprint density at radius 2 is 2.29 bits per heavy atom. The van der Waals surface area contributed by atoms with Crippen molar-refractivity contribution < 1.29 is 9.84 Å². The summed E-state index contributed by atoms with van der Waals surface area (Å²) in [7, 11) is 0. The molecule has 0 aromatic heterocycles. The molecule has 0 saturated heterocycles. The highest BCUT2D eigenvalue weighted by Crippen LogP contribution is 2.22. The van der Waals surface area contributed by atoms with Crippen LogP contribution in [0.2, 0.25) is 5.02 Å². The maximum atomic E-state index is 9.27. The number of aryl methyl sites for hydroxylation is 1. The van der Waals surface area contributed by atoms with Crippen molar-refractivity contribution >= 4 is 27.5 Å². The van der Waals surface area contributed by atoms with Gasteiger partial charge in [-0.05, 0) is 24.6 Å². The van der Waals surface area contributed by atoms with Gasteiger partial charge in [-0.3, -0.25) is 0 Å². The quantitative estimate of drug-likeness (QED) is 0.859. The van der Waals surface area contributed by atoms with Crippen molar-refractivity contribution in [2.75, 3.05) is 11.9 Å². The zero-order chi connectivity index (χ0) is 10.6. The predicted molar refractivity (Wildman–Crippen MR) is 61.5 cm³/mol. The summed E-state index contributed by atoms with van der Waals surface area (Å²) in [4.78, 5) is 0. The fourth-order valence-corrected chi connectivity index (χ4v) is 1.31. The number of halogens is 2. The van der Waals surface area contributed by atoms with Gasteiger partial charge in [0.15, 0.2) is 0 Å². The normalized spacial score (nSPS) is 12.6. The first-order valence-electron chi connectivity index (χ1n) is 4.26. The van der Waals surface area contributed by atoms with E-state index in [0.29, 0.717) is 10.4 Å². The van der Waals surface area contributed by atoms with Gasteiger partial charge in [0.2, 0.25) is 0 Å². The lowest BCUT2D eigenvalue weighted by Gasteiger charge is -2.11. The molecule has 1 atom stereocenters. The molecular weight excluding hydrogens is 267 g/mol. The van der Waals surface area contributed by atoms with E-state index in [1.54, 1.807) is 6.07 Å². The number of hydrogen-bond donors (Lipinski definition) is 1. The summed E-state index contributed by atoms with van der Waals surface area (Å²) >= 11 is 8.98. The zero-order valence-corrected chi connectivity index (χ0v) is 10.2. The van der Waals surface area contributed by atoms with Crippen LogP contribution in [0.25, 0.3) is 0 Å². The minimum Gasteiger partial charge on any atom is -0.491 e. The minimum absolute atomic E-state index is 0.270. The van der Waals surface area contributed by atoms with Crippen molar-refractivity contribution in [3.8, 4) is 5.75 Å². The van der Waals surface area contributed by atoms with E-state index in [9.17, 15) is 5.11 Å². The second-order valence-corrected chi connectivity index (χ2v) is 4.11. The third-order valence-electron chi connectivity index (χ3n) is 1.76. The molecule has 4 heteroatoms. The van der Waals surface area contributed by atoms with E-state index in [0.717, 1.165) is 11.3 Å². The Hall–Kier alpha value is -0.250. The van der Waals surface area contributed by atoms with Crippen LogP contribution in [0.4, 0.5) is 0 Å². The van der Waals surface area contributed by atoms with Crippen molar-refractivity contribution in [1.82, 2.24) is 0 Å². The maximum absolute atomic E-state index is 9.27. The third-order valence-corrected chi connectivity index (χ3v) is 2.74. The first-order chi connectivity index (χ1) is 6.63. The van der Waals surface area contributed by atoms with E-state index in [4.69, 9.17) is 16.3 Å². The SMILES string of the molecule is Cc1ccc(Cl)cc1OCC(O)CBr. The third kappa shape index (κ3) is 3.48. The average Bonchev–Trinajstić information content (AvgIpc) is 2.19. The van der Waals surface area contributed by atoms with Crippen LogP contribution in [0.1, 0.15) is 5.56 Å². The molecule has 0 saturated carbocycles. The molecule has 0 aliphatic rings. The first kappa shape index (κ1) is 11.8. The number of aliphatic hydroxyl groups is 1. The van der Waals surface area contributed by atoms with E-state index in [2.05, 4.69) is 15.9 Å². The molecule has 1 aromatic carbocycles. The zero-order valence-electron chi connectivity index (χ0n) is 7.84. The Bertz CT molecular complexity index is 304. The van der Waals surface area contributed by atoms with Crippen molar-refractivity contribution in [3.63, 3.8) is 0 Å². The lowest BCUT2D eigenvalue weighted by Crippen LogP contribution is -2.18. The molecule has 1 N–H and O–H groups in total. The molecule has 1 unspecified atom stereocenters. The summed E-state index contributed by atoms with van der Waals surface area (Å²) in [5, 5.41) is 10.4. The van der Waals surface area contributed by atoms with Crippen LogP contribution in [0.15, 0.2) is 18.2 Å². The van der Waals surface area contributed by atoms with E-state index >= 15 is 0 Å². The minimum atomic E-state index is -0.492. The monoisotopic (exact) mass is 278 g/mol. The Kier molecular flexibility index (Phi) is 4.72. The van der Waals surface area contributed by atoms with Crippen LogP contribution in [-0.2, 0) is 0 Å². The van der Waals surface area contributed by atoms with Gasteiger partial charge in [0.25, 0.3) is 0 Å². The Labute approximate surface area is 97.0 Å². The number of ether oxygens (including phenoxy) is 1. The summed E-state index contributed by atoms with van der Waals surface area (Å²) in [6.45, 7) is 2.21. The van der Waals surface area contributed by atoms with Crippen molar-refractivity contribution in [1.29, 1.82) is 0 Å². The van der Waals surface area contributed by atoms with Crippen LogP contribution >= 0.6 is 27.5 Å². The molecule has 0 aliphatic heterocycles. The van der Waals surface area contributed by atoms with Gasteiger partial charge < -0.3 is 9.84 Å². The summed E-state index contributed by atoms with van der Waals surface area (Å²) in [5.74, 6) is 0.720. The molecule has 1 aromatic rings. The van der Waals surface area contributed by atoms with Crippen molar-refractivity contribution in [2.45, 2.75) is 13.0 Å². The van der Waals surface area contributed by atoms with E-state index in [-0.39, 0.29) is 6.61 Å². The molecule has 14 heavy (non-hydrogen) atoms. The summed E-state index contributed by atoms with van der Waals surface area (Å²) in [5.41, 5.74) is 1.01. The van der Waals surface area contributed by atoms with Crippen LogP contribution in [0.5, 0.6) is 5.75 Å². The lowest BCUT2D eigenvalue weighted by molar-refractivity contribution is 0.127. The number of benzene rings is 1. The number of rotatable bonds is 4. The van der Waals surface area contributed by atoms with Crippen LogP contribution in [0, 0.1) is 6.92 Å².